The molecule has 5 heterocycles. The summed E-state index contributed by atoms with van der Waals surface area (Å²) in [5.74, 6) is 0. The molecule has 5 aliphatic rings. The first kappa shape index (κ1) is 16.7. The van der Waals surface area contributed by atoms with Crippen molar-refractivity contribution in [2.75, 3.05) is 26.4 Å². The lowest BCUT2D eigenvalue weighted by molar-refractivity contribution is -0.149. The van der Waals surface area contributed by atoms with Gasteiger partial charge in [-0.05, 0) is 51.4 Å². The second-order valence-electron chi connectivity index (χ2n) is 8.03. The van der Waals surface area contributed by atoms with Gasteiger partial charge in [0.25, 0.3) is 0 Å². The van der Waals surface area contributed by atoms with E-state index in [1.54, 1.807) is 0 Å². The molecule has 0 aromatic carbocycles. The highest BCUT2D eigenvalue weighted by molar-refractivity contribution is 8.80. The Balaban J connectivity index is 1.37. The Bertz CT molecular complexity index is 400. The molecule has 24 heavy (non-hydrogen) atoms. The van der Waals surface area contributed by atoms with Crippen molar-refractivity contribution in [2.45, 2.75) is 85.3 Å². The molecule has 0 unspecified atom stereocenters. The van der Waals surface area contributed by atoms with E-state index in [2.05, 4.69) is 21.6 Å². The van der Waals surface area contributed by atoms with Crippen LogP contribution in [0.2, 0.25) is 0 Å². The average Bonchev–Trinajstić information content (AvgIpc) is 2.61. The molecule has 0 N–H and O–H groups in total. The molecule has 5 aliphatic heterocycles. The van der Waals surface area contributed by atoms with E-state index in [1.165, 1.54) is 12.8 Å². The van der Waals surface area contributed by atoms with E-state index in [-0.39, 0.29) is 9.49 Å². The van der Waals surface area contributed by atoms with Gasteiger partial charge in [0.15, 0.2) is 0 Å². The normalized spacial score (nSPS) is 52.0. The van der Waals surface area contributed by atoms with Gasteiger partial charge < -0.3 is 18.9 Å². The van der Waals surface area contributed by atoms with Crippen molar-refractivity contribution in [3.05, 3.63) is 0 Å². The van der Waals surface area contributed by atoms with Gasteiger partial charge in [-0.15, -0.1) is 0 Å². The predicted molar refractivity (Wildman–Crippen MR) is 96.5 cm³/mol. The van der Waals surface area contributed by atoms with E-state index in [0.717, 1.165) is 65.0 Å². The summed E-state index contributed by atoms with van der Waals surface area (Å²) in [5.41, 5.74) is 0. The first-order chi connectivity index (χ1) is 11.8. The topological polar surface area (TPSA) is 36.9 Å². The van der Waals surface area contributed by atoms with Gasteiger partial charge in [-0.2, -0.15) is 0 Å². The van der Waals surface area contributed by atoms with Crippen LogP contribution in [0.4, 0.5) is 0 Å². The van der Waals surface area contributed by atoms with Crippen LogP contribution < -0.4 is 0 Å². The third kappa shape index (κ3) is 2.67. The Morgan fingerprint density at radius 1 is 0.583 bits per heavy atom. The lowest BCUT2D eigenvalue weighted by Gasteiger charge is -2.61. The monoisotopic (exact) mass is 372 g/mol. The minimum atomic E-state index is 0.214. The molecular formula is C18H28O4S2. The van der Waals surface area contributed by atoms with E-state index in [0.29, 0.717) is 24.4 Å². The zero-order valence-electron chi connectivity index (χ0n) is 14.2. The smallest absolute Gasteiger partial charge is 0.0838 e. The first-order valence-electron chi connectivity index (χ1n) is 9.64. The van der Waals surface area contributed by atoms with Crippen LogP contribution in [-0.2, 0) is 18.9 Å². The molecule has 0 spiro atoms. The zero-order valence-corrected chi connectivity index (χ0v) is 15.9. The van der Waals surface area contributed by atoms with Crippen LogP contribution >= 0.6 is 21.6 Å². The molecule has 5 saturated heterocycles. The molecule has 0 radical (unpaired) electrons. The molecular weight excluding hydrogens is 344 g/mol. The standard InChI is InChI=1S/C18H28O4S2/c1-3-13-15(19-9-1)5-7-18-12-22-14-4-2-10-20-16(14)6-8-17(18,11-21-13)23-24-18/h13-16H,1-12H2/t13-,14+,15+,16-,17-,18-/m1/s1. The van der Waals surface area contributed by atoms with Crippen LogP contribution in [0.5, 0.6) is 0 Å². The van der Waals surface area contributed by atoms with Crippen LogP contribution in [0.15, 0.2) is 0 Å². The van der Waals surface area contributed by atoms with Crippen LogP contribution in [-0.4, -0.2) is 60.3 Å². The minimum Gasteiger partial charge on any atom is -0.376 e. The summed E-state index contributed by atoms with van der Waals surface area (Å²) in [5, 5.41) is 0. The van der Waals surface area contributed by atoms with Crippen molar-refractivity contribution >= 4 is 21.6 Å². The third-order valence-electron chi connectivity index (χ3n) is 6.68. The highest BCUT2D eigenvalue weighted by Crippen LogP contribution is 2.69. The summed E-state index contributed by atoms with van der Waals surface area (Å²) < 4.78 is 25.4. The van der Waals surface area contributed by atoms with Gasteiger partial charge in [0, 0.05) is 13.2 Å². The zero-order chi connectivity index (χ0) is 16.0. The fourth-order valence-electron chi connectivity index (χ4n) is 5.05. The number of hydrogen-bond acceptors (Lipinski definition) is 6. The van der Waals surface area contributed by atoms with Gasteiger partial charge in [-0.1, -0.05) is 21.6 Å². The molecule has 0 aromatic heterocycles. The van der Waals surface area contributed by atoms with Crippen molar-refractivity contribution < 1.29 is 18.9 Å². The van der Waals surface area contributed by atoms with Crippen LogP contribution in [0, 0.1) is 0 Å². The lowest BCUT2D eigenvalue weighted by Crippen LogP contribution is -2.65. The van der Waals surface area contributed by atoms with Crippen molar-refractivity contribution in [3.63, 3.8) is 0 Å². The maximum absolute atomic E-state index is 6.45. The average molecular weight is 373 g/mol. The van der Waals surface area contributed by atoms with Crippen LogP contribution in [0.1, 0.15) is 51.4 Å². The third-order valence-corrected chi connectivity index (χ3v) is 11.1. The number of fused-ring (bicyclic) bond motifs is 2. The van der Waals surface area contributed by atoms with Gasteiger partial charge >= 0.3 is 0 Å². The van der Waals surface area contributed by atoms with E-state index in [4.69, 9.17) is 18.9 Å². The molecule has 0 saturated carbocycles. The number of hydrogen-bond donors (Lipinski definition) is 0. The van der Waals surface area contributed by atoms with Crippen molar-refractivity contribution in [1.82, 2.24) is 0 Å². The summed E-state index contributed by atoms with van der Waals surface area (Å²) in [4.78, 5) is 0. The molecule has 136 valence electrons. The summed E-state index contributed by atoms with van der Waals surface area (Å²) in [7, 11) is 4.10. The number of rotatable bonds is 0. The first-order valence-corrected chi connectivity index (χ1v) is 11.8. The Morgan fingerprint density at radius 3 is 1.50 bits per heavy atom. The molecule has 5 fully saturated rings. The van der Waals surface area contributed by atoms with Crippen LogP contribution in [0.3, 0.4) is 0 Å². The highest BCUT2D eigenvalue weighted by Gasteiger charge is 2.63. The SMILES string of the molecule is C1CO[C@@H]2CC[C@@]34CO[C@@H]5CCCO[C@H]5CC[C@]3(CO[C@H]2C1)SS4. The van der Waals surface area contributed by atoms with E-state index >= 15 is 0 Å². The van der Waals surface area contributed by atoms with Crippen LogP contribution in [0.25, 0.3) is 0 Å². The summed E-state index contributed by atoms with van der Waals surface area (Å²) in [6, 6.07) is 0. The summed E-state index contributed by atoms with van der Waals surface area (Å²) in [6.07, 6.45) is 10.5. The Labute approximate surface area is 152 Å². The summed E-state index contributed by atoms with van der Waals surface area (Å²) >= 11 is 0. The quantitative estimate of drug-likeness (QED) is 0.605. The largest absolute Gasteiger partial charge is 0.376 e. The second kappa shape index (κ2) is 6.61. The maximum atomic E-state index is 6.45. The molecule has 0 bridgehead atoms. The molecule has 0 aromatic rings. The minimum absolute atomic E-state index is 0.214. The van der Waals surface area contributed by atoms with Gasteiger partial charge in [0.2, 0.25) is 0 Å². The van der Waals surface area contributed by atoms with Crippen molar-refractivity contribution in [3.8, 4) is 0 Å². The highest BCUT2D eigenvalue weighted by atomic mass is 33.1. The van der Waals surface area contributed by atoms with E-state index in [1.807, 2.05) is 0 Å². The number of ether oxygens (including phenoxy) is 4. The fourth-order valence-corrected chi connectivity index (χ4v) is 9.01. The molecule has 6 atom stereocenters. The Kier molecular flexibility index (Phi) is 4.60. The van der Waals surface area contributed by atoms with Gasteiger partial charge in [-0.25, -0.2) is 0 Å². The lowest BCUT2D eigenvalue weighted by atomic mass is 9.79. The molecule has 6 heteroatoms. The summed E-state index contributed by atoms with van der Waals surface area (Å²) in [6.45, 7) is 3.52. The molecule has 5 rings (SSSR count). The van der Waals surface area contributed by atoms with Crippen molar-refractivity contribution in [1.29, 1.82) is 0 Å². The predicted octanol–water partition coefficient (Wildman–Crippen LogP) is 3.58. The second-order valence-corrected chi connectivity index (χ2v) is 10.9. The van der Waals surface area contributed by atoms with Crippen molar-refractivity contribution in [2.24, 2.45) is 0 Å². The maximum Gasteiger partial charge on any atom is 0.0838 e. The molecule has 0 amide bonds. The molecule has 0 aliphatic carbocycles. The Hall–Kier alpha value is 0.540. The Morgan fingerprint density at radius 2 is 1.04 bits per heavy atom. The van der Waals surface area contributed by atoms with Gasteiger partial charge in [0.1, 0.15) is 0 Å². The van der Waals surface area contributed by atoms with E-state index < -0.39 is 0 Å². The van der Waals surface area contributed by atoms with Gasteiger partial charge in [0.05, 0.1) is 47.1 Å². The van der Waals surface area contributed by atoms with Gasteiger partial charge in [-0.3, -0.25) is 0 Å². The van der Waals surface area contributed by atoms with E-state index in [9.17, 15) is 0 Å². The molecule has 4 nitrogen and oxygen atoms in total. The fraction of sp³-hybridized carbons (Fsp3) is 1.00.